The standard InChI is InChI=1S/C22H20Cl2N6O/c23-17-2-1-3-18(24)19(17)22-29-28-21(31-22)16-10-14(11-27-20(16)25)13-6-9-30(12-13)15-4-7-26-8-5-15/h1-3,6,9-12,15,26H,4-5,7-8H2,(H2,25,27). The molecule has 1 aromatic carbocycles. The van der Waals surface area contributed by atoms with E-state index in [4.69, 9.17) is 33.4 Å². The van der Waals surface area contributed by atoms with Crippen molar-refractivity contribution in [2.75, 3.05) is 18.8 Å². The maximum atomic E-state index is 6.27. The van der Waals surface area contributed by atoms with Crippen LogP contribution in [0.4, 0.5) is 5.82 Å². The van der Waals surface area contributed by atoms with Crippen molar-refractivity contribution in [2.24, 2.45) is 0 Å². The molecule has 9 heteroatoms. The van der Waals surface area contributed by atoms with E-state index in [0.29, 0.717) is 33.0 Å². The molecular weight excluding hydrogens is 435 g/mol. The summed E-state index contributed by atoms with van der Waals surface area (Å²) in [4.78, 5) is 4.35. The van der Waals surface area contributed by atoms with Crippen LogP contribution in [-0.4, -0.2) is 32.8 Å². The molecule has 1 saturated heterocycles. The van der Waals surface area contributed by atoms with Crippen LogP contribution >= 0.6 is 23.2 Å². The van der Waals surface area contributed by atoms with Crippen molar-refractivity contribution in [3.8, 4) is 34.0 Å². The number of nitrogen functional groups attached to an aromatic ring is 1. The summed E-state index contributed by atoms with van der Waals surface area (Å²) in [6.07, 6.45) is 8.26. The molecule has 1 aliphatic rings. The molecule has 3 N–H and O–H groups in total. The van der Waals surface area contributed by atoms with Gasteiger partial charge >= 0.3 is 0 Å². The van der Waals surface area contributed by atoms with Gasteiger partial charge in [-0.05, 0) is 50.2 Å². The van der Waals surface area contributed by atoms with Crippen LogP contribution in [0.25, 0.3) is 34.0 Å². The number of piperidine rings is 1. The predicted molar refractivity (Wildman–Crippen MR) is 122 cm³/mol. The smallest absolute Gasteiger partial charge is 0.251 e. The Labute approximate surface area is 189 Å². The van der Waals surface area contributed by atoms with E-state index in [2.05, 4.69) is 43.5 Å². The minimum atomic E-state index is 0.229. The van der Waals surface area contributed by atoms with Gasteiger partial charge in [-0.15, -0.1) is 10.2 Å². The summed E-state index contributed by atoms with van der Waals surface area (Å²) in [5, 5.41) is 12.5. The summed E-state index contributed by atoms with van der Waals surface area (Å²) in [6.45, 7) is 2.08. The molecule has 0 atom stereocenters. The second kappa shape index (κ2) is 8.34. The SMILES string of the molecule is Nc1ncc(-c2ccn(C3CCNCC3)c2)cc1-c1nnc(-c2c(Cl)cccc2Cl)o1. The van der Waals surface area contributed by atoms with Crippen LogP contribution in [0.1, 0.15) is 18.9 Å². The number of pyridine rings is 1. The van der Waals surface area contributed by atoms with Crippen LogP contribution in [-0.2, 0) is 0 Å². The van der Waals surface area contributed by atoms with E-state index in [1.54, 1.807) is 24.4 Å². The zero-order valence-corrected chi connectivity index (χ0v) is 18.1. The van der Waals surface area contributed by atoms with Crippen molar-refractivity contribution in [2.45, 2.75) is 18.9 Å². The van der Waals surface area contributed by atoms with Crippen LogP contribution in [0.2, 0.25) is 10.0 Å². The Kier molecular flexibility index (Phi) is 5.40. The Balaban J connectivity index is 1.47. The van der Waals surface area contributed by atoms with E-state index in [-0.39, 0.29) is 11.8 Å². The number of nitrogens with one attached hydrogen (secondary N) is 1. The molecule has 7 nitrogen and oxygen atoms in total. The van der Waals surface area contributed by atoms with Crippen molar-refractivity contribution in [3.63, 3.8) is 0 Å². The first-order valence-electron chi connectivity index (χ1n) is 10.0. The molecule has 5 rings (SSSR count). The zero-order valence-electron chi connectivity index (χ0n) is 16.6. The Morgan fingerprint density at radius 3 is 2.55 bits per heavy atom. The molecule has 31 heavy (non-hydrogen) atoms. The molecule has 0 unspecified atom stereocenters. The lowest BCUT2D eigenvalue weighted by atomic mass is 10.1. The van der Waals surface area contributed by atoms with Crippen molar-refractivity contribution in [3.05, 3.63) is 59.0 Å². The van der Waals surface area contributed by atoms with Crippen molar-refractivity contribution in [1.29, 1.82) is 0 Å². The van der Waals surface area contributed by atoms with Gasteiger partial charge in [0.2, 0.25) is 0 Å². The molecule has 4 heterocycles. The topological polar surface area (TPSA) is 94.8 Å². The first-order chi connectivity index (χ1) is 15.1. The van der Waals surface area contributed by atoms with Crippen molar-refractivity contribution in [1.82, 2.24) is 25.1 Å². The molecule has 4 aromatic rings. The summed E-state index contributed by atoms with van der Waals surface area (Å²) in [5.74, 6) is 0.796. The lowest BCUT2D eigenvalue weighted by Crippen LogP contribution is -2.28. The van der Waals surface area contributed by atoms with Gasteiger partial charge in [0.25, 0.3) is 11.8 Å². The lowest BCUT2D eigenvalue weighted by molar-refractivity contribution is 0.369. The highest BCUT2D eigenvalue weighted by Gasteiger charge is 2.19. The van der Waals surface area contributed by atoms with Crippen LogP contribution in [0.5, 0.6) is 0 Å². The number of hydrogen-bond acceptors (Lipinski definition) is 6. The molecule has 0 amide bonds. The number of hydrogen-bond donors (Lipinski definition) is 2. The van der Waals surface area contributed by atoms with E-state index in [1.165, 1.54) is 0 Å². The largest absolute Gasteiger partial charge is 0.416 e. The summed E-state index contributed by atoms with van der Waals surface area (Å²) in [6, 6.07) is 9.70. The average Bonchev–Trinajstić information content (AvgIpc) is 3.45. The fourth-order valence-corrected chi connectivity index (χ4v) is 4.41. The van der Waals surface area contributed by atoms with E-state index < -0.39 is 0 Å². The third kappa shape index (κ3) is 3.92. The Morgan fingerprint density at radius 1 is 1.03 bits per heavy atom. The summed E-state index contributed by atoms with van der Waals surface area (Å²) < 4.78 is 8.14. The van der Waals surface area contributed by atoms with E-state index in [9.17, 15) is 0 Å². The summed E-state index contributed by atoms with van der Waals surface area (Å²) in [5.41, 5.74) is 9.16. The maximum Gasteiger partial charge on any atom is 0.251 e. The predicted octanol–water partition coefficient (Wildman–Crippen LogP) is 5.08. The molecule has 1 fully saturated rings. The number of nitrogens with zero attached hydrogens (tertiary/aromatic N) is 4. The fourth-order valence-electron chi connectivity index (χ4n) is 3.86. The van der Waals surface area contributed by atoms with E-state index in [0.717, 1.165) is 37.1 Å². The Hall–Kier alpha value is -2.87. The second-order valence-corrected chi connectivity index (χ2v) is 8.31. The molecular formula is C22H20Cl2N6O. The van der Waals surface area contributed by atoms with E-state index >= 15 is 0 Å². The molecule has 0 saturated carbocycles. The van der Waals surface area contributed by atoms with Crippen LogP contribution < -0.4 is 11.1 Å². The van der Waals surface area contributed by atoms with Gasteiger partial charge in [-0.3, -0.25) is 0 Å². The number of rotatable bonds is 4. The molecule has 0 aliphatic carbocycles. The molecule has 158 valence electrons. The highest BCUT2D eigenvalue weighted by atomic mass is 35.5. The van der Waals surface area contributed by atoms with Crippen LogP contribution in [0, 0.1) is 0 Å². The van der Waals surface area contributed by atoms with Gasteiger partial charge in [-0.25, -0.2) is 4.98 Å². The van der Waals surface area contributed by atoms with Gasteiger partial charge in [-0.1, -0.05) is 29.3 Å². The third-order valence-corrected chi connectivity index (χ3v) is 6.16. The first kappa shape index (κ1) is 20.1. The highest BCUT2D eigenvalue weighted by Crippen LogP contribution is 2.36. The zero-order chi connectivity index (χ0) is 21.4. The van der Waals surface area contributed by atoms with Gasteiger partial charge in [0.05, 0.1) is 21.2 Å². The van der Waals surface area contributed by atoms with Crippen molar-refractivity contribution >= 4 is 29.0 Å². The molecule has 3 aromatic heterocycles. The van der Waals surface area contributed by atoms with Crippen LogP contribution in [0.3, 0.4) is 0 Å². The Bertz CT molecular complexity index is 1210. The molecule has 1 aliphatic heterocycles. The molecule has 0 radical (unpaired) electrons. The van der Waals surface area contributed by atoms with Gasteiger partial charge < -0.3 is 20.0 Å². The number of benzene rings is 1. The molecule has 0 bridgehead atoms. The quantitative estimate of drug-likeness (QED) is 0.446. The van der Waals surface area contributed by atoms with Crippen molar-refractivity contribution < 1.29 is 4.42 Å². The minimum Gasteiger partial charge on any atom is -0.416 e. The van der Waals surface area contributed by atoms with Crippen LogP contribution in [0.15, 0.2) is 53.3 Å². The summed E-state index contributed by atoms with van der Waals surface area (Å²) >= 11 is 12.5. The Morgan fingerprint density at radius 2 is 1.77 bits per heavy atom. The average molecular weight is 455 g/mol. The number of aromatic nitrogens is 4. The minimum absolute atomic E-state index is 0.229. The third-order valence-electron chi connectivity index (χ3n) is 5.53. The second-order valence-electron chi connectivity index (χ2n) is 7.49. The van der Waals surface area contributed by atoms with Gasteiger partial charge in [-0.2, -0.15) is 0 Å². The van der Waals surface area contributed by atoms with E-state index in [1.807, 2.05) is 6.07 Å². The number of halogens is 2. The van der Waals surface area contributed by atoms with Gasteiger partial charge in [0.1, 0.15) is 5.82 Å². The molecule has 0 spiro atoms. The monoisotopic (exact) mass is 454 g/mol. The van der Waals surface area contributed by atoms with Gasteiger partial charge in [0, 0.05) is 35.8 Å². The number of anilines is 1. The lowest BCUT2D eigenvalue weighted by Gasteiger charge is -2.24. The summed E-state index contributed by atoms with van der Waals surface area (Å²) in [7, 11) is 0. The number of nitrogens with two attached hydrogens (primary N) is 1. The first-order valence-corrected chi connectivity index (χ1v) is 10.8. The fraction of sp³-hybridized carbons (Fsp3) is 0.227. The maximum absolute atomic E-state index is 6.27. The normalized spacial score (nSPS) is 14.8. The highest BCUT2D eigenvalue weighted by molar-refractivity contribution is 6.38. The van der Waals surface area contributed by atoms with Gasteiger partial charge in [0.15, 0.2) is 0 Å².